The molecule has 0 bridgehead atoms. The van der Waals surface area contributed by atoms with Crippen LogP contribution in [0, 0.1) is 0 Å². The lowest BCUT2D eigenvalue weighted by Crippen LogP contribution is -2.47. The number of aliphatic hydroxyl groups excluding tert-OH is 3. The molecule has 2 rings (SSSR count). The lowest BCUT2D eigenvalue weighted by Gasteiger charge is -2.36. The minimum Gasteiger partial charge on any atom is -0.394 e. The van der Waals surface area contributed by atoms with Crippen molar-refractivity contribution in [3.05, 3.63) is 0 Å². The van der Waals surface area contributed by atoms with Gasteiger partial charge in [0.25, 0.3) is 0 Å². The second kappa shape index (κ2) is 6.08. The average Bonchev–Trinajstić information content (AvgIpc) is 2.28. The van der Waals surface area contributed by atoms with Crippen LogP contribution < -0.4 is 5.32 Å². The maximum atomic E-state index is 9.63. The van der Waals surface area contributed by atoms with Crippen LogP contribution in [0.5, 0.6) is 0 Å². The number of rotatable bonds is 3. The van der Waals surface area contributed by atoms with E-state index in [2.05, 4.69) is 5.32 Å². The molecular formula is C11H21NO5. The summed E-state index contributed by atoms with van der Waals surface area (Å²) in [5, 5.41) is 31.2. The average molecular weight is 247 g/mol. The summed E-state index contributed by atoms with van der Waals surface area (Å²) in [5.41, 5.74) is 0. The molecule has 100 valence electrons. The molecule has 2 fully saturated rings. The van der Waals surface area contributed by atoms with Gasteiger partial charge in [0.2, 0.25) is 0 Å². The summed E-state index contributed by atoms with van der Waals surface area (Å²) < 4.78 is 11.2. The van der Waals surface area contributed by atoms with Crippen LogP contribution in [0.1, 0.15) is 19.3 Å². The van der Waals surface area contributed by atoms with Crippen LogP contribution in [0.25, 0.3) is 0 Å². The van der Waals surface area contributed by atoms with E-state index >= 15 is 0 Å². The van der Waals surface area contributed by atoms with E-state index in [1.165, 1.54) is 0 Å². The lowest BCUT2D eigenvalue weighted by atomic mass is 10.0. The normalized spacial score (nSPS) is 43.6. The molecule has 0 aromatic heterocycles. The zero-order valence-corrected chi connectivity index (χ0v) is 9.79. The Labute approximate surface area is 101 Å². The molecule has 6 heteroatoms. The highest BCUT2D eigenvalue weighted by atomic mass is 16.7. The summed E-state index contributed by atoms with van der Waals surface area (Å²) in [6, 6.07) is 0. The van der Waals surface area contributed by atoms with Gasteiger partial charge in [-0.05, 0) is 0 Å². The Morgan fingerprint density at radius 3 is 2.65 bits per heavy atom. The van der Waals surface area contributed by atoms with Crippen LogP contribution in [0.4, 0.5) is 0 Å². The van der Waals surface area contributed by atoms with E-state index in [-0.39, 0.29) is 18.8 Å². The quantitative estimate of drug-likeness (QED) is 0.489. The largest absolute Gasteiger partial charge is 0.394 e. The summed E-state index contributed by atoms with van der Waals surface area (Å²) in [6.07, 6.45) is -0.396. The van der Waals surface area contributed by atoms with Gasteiger partial charge in [0, 0.05) is 32.4 Å². The second-order valence-electron chi connectivity index (χ2n) is 4.80. The van der Waals surface area contributed by atoms with Gasteiger partial charge in [-0.25, -0.2) is 0 Å². The van der Waals surface area contributed by atoms with E-state index in [1.807, 2.05) is 0 Å². The predicted molar refractivity (Wildman–Crippen MR) is 59.4 cm³/mol. The third kappa shape index (κ3) is 3.87. The van der Waals surface area contributed by atoms with Crippen molar-refractivity contribution in [1.29, 1.82) is 0 Å². The molecule has 0 aromatic carbocycles. The Hall–Kier alpha value is -0.240. The van der Waals surface area contributed by atoms with Gasteiger partial charge in [0.05, 0.1) is 31.0 Å². The van der Waals surface area contributed by atoms with Crippen LogP contribution in [-0.2, 0) is 9.47 Å². The Kier molecular flexibility index (Phi) is 4.72. The number of aliphatic hydroxyl groups is 3. The highest BCUT2D eigenvalue weighted by Crippen LogP contribution is 2.22. The Morgan fingerprint density at radius 2 is 1.94 bits per heavy atom. The fourth-order valence-electron chi connectivity index (χ4n) is 2.35. The molecule has 2 heterocycles. The smallest absolute Gasteiger partial charge is 0.160 e. The predicted octanol–water partition coefficient (Wildman–Crippen LogP) is -1.42. The molecule has 2 saturated heterocycles. The van der Waals surface area contributed by atoms with Gasteiger partial charge in [-0.1, -0.05) is 0 Å². The minimum atomic E-state index is -0.493. The van der Waals surface area contributed by atoms with E-state index in [9.17, 15) is 10.2 Å². The van der Waals surface area contributed by atoms with Gasteiger partial charge in [-0.3, -0.25) is 0 Å². The molecule has 0 aliphatic carbocycles. The standard InChI is InChI=1S/C11H21NO5/c13-6-10-1-7(14)3-11(17-10)16-9-2-8(15)4-12-5-9/h7-15H,1-6H2/t7-,8+,9-,10?,11+/m1/s1. The van der Waals surface area contributed by atoms with Crippen molar-refractivity contribution in [1.82, 2.24) is 5.32 Å². The fourth-order valence-corrected chi connectivity index (χ4v) is 2.35. The Balaban J connectivity index is 1.80. The van der Waals surface area contributed by atoms with Gasteiger partial charge < -0.3 is 30.1 Å². The third-order valence-electron chi connectivity index (χ3n) is 3.18. The molecule has 5 atom stereocenters. The summed E-state index contributed by atoms with van der Waals surface area (Å²) in [7, 11) is 0. The van der Waals surface area contributed by atoms with Crippen molar-refractivity contribution in [2.24, 2.45) is 0 Å². The first-order valence-corrected chi connectivity index (χ1v) is 6.16. The van der Waals surface area contributed by atoms with Crippen LogP contribution >= 0.6 is 0 Å². The molecule has 0 saturated carbocycles. The van der Waals surface area contributed by atoms with E-state index in [0.717, 1.165) is 0 Å². The van der Waals surface area contributed by atoms with Crippen molar-refractivity contribution < 1.29 is 24.8 Å². The van der Waals surface area contributed by atoms with Gasteiger partial charge in [0.1, 0.15) is 0 Å². The molecule has 0 amide bonds. The maximum absolute atomic E-state index is 9.63. The Bertz CT molecular complexity index is 240. The molecule has 17 heavy (non-hydrogen) atoms. The number of nitrogens with one attached hydrogen (secondary N) is 1. The van der Waals surface area contributed by atoms with Crippen LogP contribution in [0.2, 0.25) is 0 Å². The first kappa shape index (κ1) is 13.2. The summed E-state index contributed by atoms with van der Waals surface area (Å²) in [4.78, 5) is 0. The summed E-state index contributed by atoms with van der Waals surface area (Å²) in [6.45, 7) is 1.16. The molecule has 6 nitrogen and oxygen atoms in total. The van der Waals surface area contributed by atoms with E-state index < -0.39 is 18.5 Å². The van der Waals surface area contributed by atoms with Crippen LogP contribution in [-0.4, -0.2) is 65.7 Å². The third-order valence-corrected chi connectivity index (χ3v) is 3.18. The van der Waals surface area contributed by atoms with Gasteiger partial charge in [0.15, 0.2) is 6.29 Å². The minimum absolute atomic E-state index is 0.103. The van der Waals surface area contributed by atoms with Crippen LogP contribution in [0.15, 0.2) is 0 Å². The lowest BCUT2D eigenvalue weighted by molar-refractivity contribution is -0.242. The molecule has 4 N–H and O–H groups in total. The van der Waals surface area contributed by atoms with Crippen LogP contribution in [0.3, 0.4) is 0 Å². The summed E-state index contributed by atoms with van der Waals surface area (Å²) in [5.74, 6) is 0. The first-order valence-electron chi connectivity index (χ1n) is 6.16. The molecule has 0 aromatic rings. The SMILES string of the molecule is OCC1C[C@@H](O)C[C@@H](O[C@H]2CNC[C@@H](O)C2)O1. The van der Waals surface area contributed by atoms with Crippen molar-refractivity contribution >= 4 is 0 Å². The highest BCUT2D eigenvalue weighted by molar-refractivity contribution is 4.78. The topological polar surface area (TPSA) is 91.2 Å². The van der Waals surface area contributed by atoms with Crippen molar-refractivity contribution in [2.45, 2.75) is 50.0 Å². The first-order chi connectivity index (χ1) is 8.17. The fraction of sp³-hybridized carbons (Fsp3) is 1.00. The molecule has 0 spiro atoms. The number of β-amino-alcohol motifs (C(OH)–C–C–N with tert-alkyl or cyclic N) is 1. The van der Waals surface area contributed by atoms with Crippen molar-refractivity contribution in [3.63, 3.8) is 0 Å². The zero-order valence-electron chi connectivity index (χ0n) is 9.79. The molecule has 0 radical (unpaired) electrons. The Morgan fingerprint density at radius 1 is 1.12 bits per heavy atom. The monoisotopic (exact) mass is 247 g/mol. The van der Waals surface area contributed by atoms with E-state index in [1.54, 1.807) is 0 Å². The number of piperidine rings is 1. The molecule has 2 aliphatic heterocycles. The molecule has 2 aliphatic rings. The number of hydrogen-bond acceptors (Lipinski definition) is 6. The summed E-state index contributed by atoms with van der Waals surface area (Å²) >= 11 is 0. The second-order valence-corrected chi connectivity index (χ2v) is 4.80. The van der Waals surface area contributed by atoms with Gasteiger partial charge in [-0.2, -0.15) is 0 Å². The van der Waals surface area contributed by atoms with Crippen molar-refractivity contribution in [2.75, 3.05) is 19.7 Å². The number of hydrogen-bond donors (Lipinski definition) is 4. The zero-order chi connectivity index (χ0) is 12.3. The highest BCUT2D eigenvalue weighted by Gasteiger charge is 2.31. The van der Waals surface area contributed by atoms with Gasteiger partial charge in [-0.15, -0.1) is 0 Å². The number of ether oxygens (including phenoxy) is 2. The molecular weight excluding hydrogens is 226 g/mol. The van der Waals surface area contributed by atoms with E-state index in [0.29, 0.717) is 32.4 Å². The van der Waals surface area contributed by atoms with Crippen molar-refractivity contribution in [3.8, 4) is 0 Å². The molecule has 1 unspecified atom stereocenters. The maximum Gasteiger partial charge on any atom is 0.160 e. The van der Waals surface area contributed by atoms with E-state index in [4.69, 9.17) is 14.6 Å². The van der Waals surface area contributed by atoms with Gasteiger partial charge >= 0.3 is 0 Å².